The maximum atomic E-state index is 2.38. The van der Waals surface area contributed by atoms with E-state index in [0.717, 1.165) is 17.1 Å². The summed E-state index contributed by atoms with van der Waals surface area (Å²) in [5.74, 6) is 0. The SMILES string of the molecule is c1ccc(N(c2ccccc2)c2ccc(-c3cc(-c4ccc5sc6ccccc6c5c4)cc(-c4ccc5sc6ccccc6c5c4)c3)cc2)cc1. The lowest BCUT2D eigenvalue weighted by Gasteiger charge is -2.25. The molecule has 2 aromatic heterocycles. The zero-order valence-corrected chi connectivity index (χ0v) is 29.3. The highest BCUT2D eigenvalue weighted by Gasteiger charge is 2.15. The number of thiophene rings is 2. The van der Waals surface area contributed by atoms with Crippen molar-refractivity contribution in [2.45, 2.75) is 0 Å². The molecule has 240 valence electrons. The normalized spacial score (nSPS) is 11.5. The zero-order valence-electron chi connectivity index (χ0n) is 27.7. The molecule has 51 heavy (non-hydrogen) atoms. The molecule has 0 aliphatic heterocycles. The third-order valence-electron chi connectivity index (χ3n) is 9.84. The monoisotopic (exact) mass is 685 g/mol. The van der Waals surface area contributed by atoms with Gasteiger partial charge in [0.25, 0.3) is 0 Å². The number of para-hydroxylation sites is 2. The Bertz CT molecular complexity index is 2680. The van der Waals surface area contributed by atoms with Gasteiger partial charge >= 0.3 is 0 Å². The van der Waals surface area contributed by atoms with Gasteiger partial charge in [0, 0.05) is 57.4 Å². The number of nitrogens with zero attached hydrogens (tertiary/aromatic N) is 1. The van der Waals surface area contributed by atoms with Crippen molar-refractivity contribution in [3.63, 3.8) is 0 Å². The Morgan fingerprint density at radius 2 is 0.627 bits per heavy atom. The molecule has 8 aromatic carbocycles. The summed E-state index contributed by atoms with van der Waals surface area (Å²) >= 11 is 3.73. The van der Waals surface area contributed by atoms with Crippen molar-refractivity contribution >= 4 is 80.1 Å². The molecule has 0 amide bonds. The first-order chi connectivity index (χ1) is 25.2. The number of hydrogen-bond acceptors (Lipinski definition) is 3. The summed E-state index contributed by atoms with van der Waals surface area (Å²) in [4.78, 5) is 2.31. The van der Waals surface area contributed by atoms with Gasteiger partial charge in [-0.05, 0) is 124 Å². The summed E-state index contributed by atoms with van der Waals surface area (Å²) in [5.41, 5.74) is 10.7. The zero-order chi connectivity index (χ0) is 33.7. The molecule has 0 saturated heterocycles. The standard InChI is InChI=1S/C48H31NS2/c1-3-11-38(12-4-1)49(39-13-5-2-6-14-39)40-23-19-32(20-24-40)35-27-36(33-21-25-47-43(30-33)41-15-7-9-17-45(41)50-47)29-37(28-35)34-22-26-48-44(31-34)42-16-8-10-18-46(42)51-48/h1-31H. The van der Waals surface area contributed by atoms with Crippen LogP contribution in [0.1, 0.15) is 0 Å². The van der Waals surface area contributed by atoms with Gasteiger partial charge in [0.2, 0.25) is 0 Å². The summed E-state index contributed by atoms with van der Waals surface area (Å²) in [7, 11) is 0. The second-order valence-corrected chi connectivity index (χ2v) is 15.1. The molecule has 2 heterocycles. The van der Waals surface area contributed by atoms with Gasteiger partial charge in [-0.25, -0.2) is 0 Å². The summed E-state index contributed by atoms with van der Waals surface area (Å²) in [6, 6.07) is 68.7. The average molecular weight is 686 g/mol. The Morgan fingerprint density at radius 1 is 0.255 bits per heavy atom. The Morgan fingerprint density at radius 3 is 1.12 bits per heavy atom. The summed E-state index contributed by atoms with van der Waals surface area (Å²) < 4.78 is 5.30. The molecule has 0 aliphatic carbocycles. The second-order valence-electron chi connectivity index (χ2n) is 13.0. The van der Waals surface area contributed by atoms with Crippen LogP contribution in [0.2, 0.25) is 0 Å². The van der Waals surface area contributed by atoms with Crippen molar-refractivity contribution in [3.05, 3.63) is 188 Å². The van der Waals surface area contributed by atoms with Crippen LogP contribution in [-0.2, 0) is 0 Å². The molecule has 10 rings (SSSR count). The highest BCUT2D eigenvalue weighted by atomic mass is 32.1. The minimum absolute atomic E-state index is 1.12. The minimum atomic E-state index is 1.12. The Balaban J connectivity index is 1.13. The first-order valence-corrected chi connectivity index (χ1v) is 18.9. The van der Waals surface area contributed by atoms with Crippen molar-refractivity contribution in [1.29, 1.82) is 0 Å². The molecule has 0 aliphatic rings. The molecule has 0 bridgehead atoms. The predicted molar refractivity (Wildman–Crippen MR) is 223 cm³/mol. The molecular weight excluding hydrogens is 655 g/mol. The van der Waals surface area contributed by atoms with Crippen LogP contribution in [0.15, 0.2) is 188 Å². The Hall–Kier alpha value is -6.00. The van der Waals surface area contributed by atoms with E-state index in [-0.39, 0.29) is 0 Å². The van der Waals surface area contributed by atoms with E-state index in [1.54, 1.807) is 0 Å². The summed E-state index contributed by atoms with van der Waals surface area (Å²) in [6.45, 7) is 0. The van der Waals surface area contributed by atoms with Gasteiger partial charge in [0.15, 0.2) is 0 Å². The molecule has 0 N–H and O–H groups in total. The van der Waals surface area contributed by atoms with E-state index >= 15 is 0 Å². The van der Waals surface area contributed by atoms with Gasteiger partial charge in [0.05, 0.1) is 0 Å². The van der Waals surface area contributed by atoms with E-state index in [1.807, 2.05) is 22.7 Å². The van der Waals surface area contributed by atoms with E-state index in [9.17, 15) is 0 Å². The molecule has 0 fully saturated rings. The topological polar surface area (TPSA) is 3.24 Å². The van der Waals surface area contributed by atoms with E-state index in [0.29, 0.717) is 0 Å². The molecule has 0 atom stereocenters. The maximum Gasteiger partial charge on any atom is 0.0462 e. The van der Waals surface area contributed by atoms with Gasteiger partial charge in [-0.3, -0.25) is 0 Å². The van der Waals surface area contributed by atoms with E-state index in [1.165, 1.54) is 73.7 Å². The molecule has 0 saturated carbocycles. The van der Waals surface area contributed by atoms with Crippen molar-refractivity contribution in [2.75, 3.05) is 4.90 Å². The summed E-state index contributed by atoms with van der Waals surface area (Å²) in [5, 5.41) is 5.28. The van der Waals surface area contributed by atoms with E-state index in [4.69, 9.17) is 0 Å². The summed E-state index contributed by atoms with van der Waals surface area (Å²) in [6.07, 6.45) is 0. The van der Waals surface area contributed by atoms with Crippen LogP contribution in [0.5, 0.6) is 0 Å². The fourth-order valence-corrected chi connectivity index (χ4v) is 9.52. The predicted octanol–water partition coefficient (Wildman–Crippen LogP) is 14.9. The van der Waals surface area contributed by atoms with Crippen LogP contribution >= 0.6 is 22.7 Å². The van der Waals surface area contributed by atoms with E-state index < -0.39 is 0 Å². The quantitative estimate of drug-likeness (QED) is 0.168. The van der Waals surface area contributed by atoms with Crippen molar-refractivity contribution in [2.24, 2.45) is 0 Å². The fourth-order valence-electron chi connectivity index (χ4n) is 7.34. The lowest BCUT2D eigenvalue weighted by Crippen LogP contribution is -2.09. The van der Waals surface area contributed by atoms with Crippen LogP contribution in [0.3, 0.4) is 0 Å². The highest BCUT2D eigenvalue weighted by Crippen LogP contribution is 2.41. The third-order valence-corrected chi connectivity index (χ3v) is 12.1. The largest absolute Gasteiger partial charge is 0.311 e. The molecular formula is C48H31NS2. The van der Waals surface area contributed by atoms with Crippen LogP contribution in [-0.4, -0.2) is 0 Å². The van der Waals surface area contributed by atoms with Gasteiger partial charge in [-0.2, -0.15) is 0 Å². The molecule has 1 nitrogen and oxygen atoms in total. The first kappa shape index (κ1) is 29.9. The van der Waals surface area contributed by atoms with Gasteiger partial charge in [-0.15, -0.1) is 22.7 Å². The Labute approximate surface area is 304 Å². The number of benzene rings is 8. The average Bonchev–Trinajstić information content (AvgIpc) is 3.77. The fraction of sp³-hybridized carbons (Fsp3) is 0. The second kappa shape index (κ2) is 12.4. The number of fused-ring (bicyclic) bond motifs is 6. The lowest BCUT2D eigenvalue weighted by molar-refractivity contribution is 1.28. The number of rotatable bonds is 6. The molecule has 0 radical (unpaired) electrons. The van der Waals surface area contributed by atoms with Crippen LogP contribution in [0, 0.1) is 0 Å². The molecule has 0 spiro atoms. The molecule has 10 aromatic rings. The lowest BCUT2D eigenvalue weighted by atomic mass is 9.92. The Kier molecular flexibility index (Phi) is 7.26. The van der Waals surface area contributed by atoms with E-state index in [2.05, 4.69) is 193 Å². The van der Waals surface area contributed by atoms with Crippen LogP contribution in [0.25, 0.3) is 73.7 Å². The first-order valence-electron chi connectivity index (χ1n) is 17.2. The van der Waals surface area contributed by atoms with Gasteiger partial charge in [-0.1, -0.05) is 97.1 Å². The number of anilines is 3. The molecule has 0 unspecified atom stereocenters. The van der Waals surface area contributed by atoms with Gasteiger partial charge < -0.3 is 4.90 Å². The maximum absolute atomic E-state index is 2.38. The molecule has 3 heteroatoms. The number of hydrogen-bond donors (Lipinski definition) is 0. The highest BCUT2D eigenvalue weighted by molar-refractivity contribution is 7.26. The smallest absolute Gasteiger partial charge is 0.0462 e. The van der Waals surface area contributed by atoms with Crippen molar-refractivity contribution in [3.8, 4) is 33.4 Å². The van der Waals surface area contributed by atoms with Crippen LogP contribution in [0.4, 0.5) is 17.1 Å². The minimum Gasteiger partial charge on any atom is -0.311 e. The van der Waals surface area contributed by atoms with Crippen LogP contribution < -0.4 is 4.90 Å². The van der Waals surface area contributed by atoms with Crippen molar-refractivity contribution < 1.29 is 0 Å². The van der Waals surface area contributed by atoms with Gasteiger partial charge in [0.1, 0.15) is 0 Å². The third kappa shape index (κ3) is 5.39. The van der Waals surface area contributed by atoms with Crippen molar-refractivity contribution in [1.82, 2.24) is 0 Å².